The highest BCUT2D eigenvalue weighted by Crippen LogP contribution is 2.47. The first-order chi connectivity index (χ1) is 23.3. The minimum absolute atomic E-state index is 0.0255. The first kappa shape index (κ1) is 32.7. The lowest BCUT2D eigenvalue weighted by Gasteiger charge is -2.31. The van der Waals surface area contributed by atoms with Crippen molar-refractivity contribution in [1.82, 2.24) is 15.2 Å². The van der Waals surface area contributed by atoms with Crippen LogP contribution in [0.25, 0.3) is 10.9 Å². The van der Waals surface area contributed by atoms with Crippen LogP contribution in [0, 0.1) is 17.2 Å². The van der Waals surface area contributed by atoms with Gasteiger partial charge in [-0.2, -0.15) is 0 Å². The molecule has 4 aromatic rings. The number of halogens is 1. The zero-order valence-electron chi connectivity index (χ0n) is 26.9. The molecular weight excluding hydrogens is 617 g/mol. The van der Waals surface area contributed by atoms with Crippen molar-refractivity contribution in [2.45, 2.75) is 25.7 Å². The van der Waals surface area contributed by atoms with E-state index in [9.17, 15) is 18.8 Å². The summed E-state index contributed by atoms with van der Waals surface area (Å²) in [5.41, 5.74) is 0.473. The Labute approximate surface area is 277 Å². The maximum atomic E-state index is 13.2. The predicted molar refractivity (Wildman–Crippen MR) is 179 cm³/mol. The minimum atomic E-state index is -1.16. The zero-order valence-corrected chi connectivity index (χ0v) is 26.9. The largest absolute Gasteiger partial charge is 0.493 e. The summed E-state index contributed by atoms with van der Waals surface area (Å²) in [7, 11) is 3.24. The number of anilines is 2. The van der Waals surface area contributed by atoms with Gasteiger partial charge in [0.1, 0.15) is 22.7 Å². The number of fused-ring (bicyclic) bond motifs is 1. The fourth-order valence-corrected chi connectivity index (χ4v) is 5.74. The molecule has 48 heavy (non-hydrogen) atoms. The molecule has 0 radical (unpaired) electrons. The smallest absolute Gasteiger partial charge is 0.240 e. The Kier molecular flexibility index (Phi) is 9.72. The second-order valence-corrected chi connectivity index (χ2v) is 12.2. The molecule has 3 N–H and O–H groups in total. The number of hydrogen-bond donors (Lipinski definition) is 3. The fraction of sp³-hybridized carbons (Fsp3) is 0.333. The molecule has 6 rings (SSSR count). The number of likely N-dealkylation sites (N-methyl/N-ethyl adjacent to an activating group) is 1. The van der Waals surface area contributed by atoms with Crippen molar-refractivity contribution >= 4 is 40.0 Å². The maximum absolute atomic E-state index is 13.2. The van der Waals surface area contributed by atoms with Crippen LogP contribution >= 0.6 is 0 Å². The number of amides is 3. The highest BCUT2D eigenvalue weighted by molar-refractivity contribution is 6.16. The van der Waals surface area contributed by atoms with E-state index in [0.717, 1.165) is 31.3 Å². The number of nitrogens with zero attached hydrogens (tertiary/aromatic N) is 2. The SMILES string of the molecule is CNC(=O)CN1CCC(COc2cc3nccc(Oc4ccc(NC(=O)C5(C(=O)Nc6ccc(F)cc6)CC5)cc4)c3cc2OC)CC1. The molecular formula is C36H38FN5O6. The molecule has 1 saturated heterocycles. The Balaban J connectivity index is 1.06. The van der Waals surface area contributed by atoms with Crippen molar-refractivity contribution in [3.05, 3.63) is 78.7 Å². The Morgan fingerprint density at radius 2 is 1.54 bits per heavy atom. The molecule has 11 nitrogen and oxygen atoms in total. The number of aromatic nitrogens is 1. The van der Waals surface area contributed by atoms with E-state index >= 15 is 0 Å². The summed E-state index contributed by atoms with van der Waals surface area (Å²) in [6.45, 7) is 2.65. The molecule has 2 heterocycles. The van der Waals surface area contributed by atoms with Crippen molar-refractivity contribution in [2.24, 2.45) is 11.3 Å². The van der Waals surface area contributed by atoms with Gasteiger partial charge in [-0.3, -0.25) is 24.3 Å². The van der Waals surface area contributed by atoms with Crippen LogP contribution in [0.2, 0.25) is 0 Å². The molecule has 0 atom stereocenters. The first-order valence-electron chi connectivity index (χ1n) is 16.0. The Hall–Kier alpha value is -5.23. The third-order valence-corrected chi connectivity index (χ3v) is 8.88. The monoisotopic (exact) mass is 655 g/mol. The number of carbonyl (C=O) groups is 3. The quantitative estimate of drug-likeness (QED) is 0.174. The number of methoxy groups -OCH3 is 1. The maximum Gasteiger partial charge on any atom is 0.240 e. The highest BCUT2D eigenvalue weighted by atomic mass is 19.1. The summed E-state index contributed by atoms with van der Waals surface area (Å²) >= 11 is 0. The third kappa shape index (κ3) is 7.49. The van der Waals surface area contributed by atoms with Gasteiger partial charge in [0.2, 0.25) is 17.7 Å². The molecule has 0 bridgehead atoms. The van der Waals surface area contributed by atoms with E-state index in [1.807, 2.05) is 12.1 Å². The molecule has 250 valence electrons. The van der Waals surface area contributed by atoms with E-state index in [2.05, 4.69) is 25.8 Å². The van der Waals surface area contributed by atoms with Crippen LogP contribution in [0.5, 0.6) is 23.0 Å². The lowest BCUT2D eigenvalue weighted by Crippen LogP contribution is -2.41. The number of likely N-dealkylation sites (tertiary alicyclic amines) is 1. The molecule has 0 spiro atoms. The van der Waals surface area contributed by atoms with Gasteiger partial charge < -0.3 is 30.2 Å². The van der Waals surface area contributed by atoms with Gasteiger partial charge in [0.05, 0.1) is 25.8 Å². The third-order valence-electron chi connectivity index (χ3n) is 8.88. The number of hydrogen-bond acceptors (Lipinski definition) is 8. The van der Waals surface area contributed by atoms with E-state index in [0.29, 0.717) is 71.8 Å². The number of nitrogens with one attached hydrogen (secondary N) is 3. The second-order valence-electron chi connectivity index (χ2n) is 12.2. The molecule has 1 aliphatic carbocycles. The van der Waals surface area contributed by atoms with Crippen LogP contribution in [0.1, 0.15) is 25.7 Å². The van der Waals surface area contributed by atoms with Crippen LogP contribution in [0.4, 0.5) is 15.8 Å². The Morgan fingerprint density at radius 1 is 0.896 bits per heavy atom. The van der Waals surface area contributed by atoms with Crippen molar-refractivity contribution < 1.29 is 33.0 Å². The summed E-state index contributed by atoms with van der Waals surface area (Å²) in [6, 6.07) is 17.8. The fourth-order valence-electron chi connectivity index (χ4n) is 5.74. The Bertz CT molecular complexity index is 1790. The van der Waals surface area contributed by atoms with E-state index < -0.39 is 23.0 Å². The van der Waals surface area contributed by atoms with Crippen molar-refractivity contribution in [1.29, 1.82) is 0 Å². The number of rotatable bonds is 12. The van der Waals surface area contributed by atoms with Crippen LogP contribution in [0.3, 0.4) is 0 Å². The topological polar surface area (TPSA) is 131 Å². The Morgan fingerprint density at radius 3 is 2.15 bits per heavy atom. The van der Waals surface area contributed by atoms with Gasteiger partial charge in [-0.1, -0.05) is 0 Å². The normalized spacial score (nSPS) is 15.7. The lowest BCUT2D eigenvalue weighted by atomic mass is 9.98. The van der Waals surface area contributed by atoms with E-state index in [1.54, 1.807) is 50.7 Å². The van der Waals surface area contributed by atoms with E-state index in [-0.39, 0.29) is 5.91 Å². The molecule has 3 amide bonds. The highest BCUT2D eigenvalue weighted by Gasteiger charge is 2.56. The standard InChI is InChI=1S/C36H38FN5O6/c1-38-33(43)21-42-17-12-23(13-18-42)22-47-32-20-29-28(19-31(32)46-2)30(11-16-39-29)48-27-9-7-26(8-10-27)41-35(45)36(14-15-36)34(44)40-25-5-3-24(37)4-6-25/h3-11,16,19-20,23H,12-15,17-18,21-22H2,1-2H3,(H,38,43)(H,40,44)(H,41,45). The van der Waals surface area contributed by atoms with Gasteiger partial charge in [0, 0.05) is 36.1 Å². The van der Waals surface area contributed by atoms with Gasteiger partial charge in [-0.05, 0) is 105 Å². The summed E-state index contributed by atoms with van der Waals surface area (Å²) in [5, 5.41) is 8.96. The lowest BCUT2D eigenvalue weighted by molar-refractivity contribution is -0.131. The molecule has 1 aromatic heterocycles. The molecule has 2 fully saturated rings. The van der Waals surface area contributed by atoms with Crippen molar-refractivity contribution in [2.75, 3.05) is 51.0 Å². The average molecular weight is 656 g/mol. The summed E-state index contributed by atoms with van der Waals surface area (Å²) in [4.78, 5) is 44.3. The molecule has 3 aromatic carbocycles. The molecule has 1 aliphatic heterocycles. The van der Waals surface area contributed by atoms with Crippen LogP contribution in [-0.2, 0) is 14.4 Å². The summed E-state index contributed by atoms with van der Waals surface area (Å²) < 4.78 is 31.3. The van der Waals surface area contributed by atoms with Gasteiger partial charge in [-0.15, -0.1) is 0 Å². The minimum Gasteiger partial charge on any atom is -0.493 e. The van der Waals surface area contributed by atoms with E-state index in [4.69, 9.17) is 14.2 Å². The first-order valence-corrected chi connectivity index (χ1v) is 16.0. The summed E-state index contributed by atoms with van der Waals surface area (Å²) in [5.74, 6) is 1.45. The number of benzene rings is 3. The second kappa shape index (κ2) is 14.3. The number of carbonyl (C=O) groups excluding carboxylic acids is 3. The molecule has 2 aliphatic rings. The van der Waals surface area contributed by atoms with Crippen LogP contribution in [-0.4, -0.2) is 68.0 Å². The van der Waals surface area contributed by atoms with Gasteiger partial charge in [-0.25, -0.2) is 4.39 Å². The molecule has 0 unspecified atom stereocenters. The number of ether oxygens (including phenoxy) is 3. The van der Waals surface area contributed by atoms with Crippen LogP contribution in [0.15, 0.2) is 72.9 Å². The number of pyridine rings is 1. The molecule has 12 heteroatoms. The van der Waals surface area contributed by atoms with E-state index in [1.165, 1.54) is 24.3 Å². The average Bonchev–Trinajstić information content (AvgIpc) is 3.92. The molecule has 1 saturated carbocycles. The van der Waals surface area contributed by atoms with Crippen molar-refractivity contribution in [3.63, 3.8) is 0 Å². The van der Waals surface area contributed by atoms with Gasteiger partial charge in [0.25, 0.3) is 0 Å². The van der Waals surface area contributed by atoms with Gasteiger partial charge >= 0.3 is 0 Å². The zero-order chi connectivity index (χ0) is 33.7. The predicted octanol–water partition coefficient (Wildman–Crippen LogP) is 5.37. The summed E-state index contributed by atoms with van der Waals surface area (Å²) in [6.07, 6.45) is 4.41. The van der Waals surface area contributed by atoms with Crippen LogP contribution < -0.4 is 30.2 Å². The number of piperidine rings is 1. The van der Waals surface area contributed by atoms with Crippen molar-refractivity contribution in [3.8, 4) is 23.0 Å². The van der Waals surface area contributed by atoms with Gasteiger partial charge in [0.15, 0.2) is 11.5 Å².